The van der Waals surface area contributed by atoms with Gasteiger partial charge in [0, 0.05) is 12.8 Å². The fourth-order valence-corrected chi connectivity index (χ4v) is 1.78. The first-order chi connectivity index (χ1) is 6.27. The van der Waals surface area contributed by atoms with Gasteiger partial charge in [-0.05, 0) is 30.4 Å². The minimum absolute atomic E-state index is 0.396. The fourth-order valence-electron chi connectivity index (χ4n) is 1.78. The van der Waals surface area contributed by atoms with E-state index in [0.717, 1.165) is 25.7 Å². The molecule has 1 heteroatoms. The van der Waals surface area contributed by atoms with Crippen molar-refractivity contribution >= 4 is 5.78 Å². The average molecular weight is 178 g/mol. The minimum atomic E-state index is 0.396. The van der Waals surface area contributed by atoms with Crippen molar-refractivity contribution in [2.24, 2.45) is 0 Å². The standard InChI is InChI=1S/C12H18O/c1-3-5-10-7-8-12(13)9-11(10)6-4-2/h5-6H,3-4,7-9H2,1-2H3/b10-5-,11-6-. The van der Waals surface area contributed by atoms with Crippen molar-refractivity contribution in [2.75, 3.05) is 0 Å². The Morgan fingerprint density at radius 2 is 1.69 bits per heavy atom. The van der Waals surface area contributed by atoms with Crippen molar-refractivity contribution in [3.8, 4) is 0 Å². The highest BCUT2D eigenvalue weighted by molar-refractivity contribution is 5.84. The maximum Gasteiger partial charge on any atom is 0.137 e. The van der Waals surface area contributed by atoms with Gasteiger partial charge in [-0.15, -0.1) is 0 Å². The molecule has 0 spiro atoms. The van der Waals surface area contributed by atoms with Crippen LogP contribution in [-0.2, 0) is 4.79 Å². The van der Waals surface area contributed by atoms with E-state index in [-0.39, 0.29) is 0 Å². The summed E-state index contributed by atoms with van der Waals surface area (Å²) in [5, 5.41) is 0. The number of rotatable bonds is 2. The molecule has 0 radical (unpaired) electrons. The molecule has 72 valence electrons. The summed E-state index contributed by atoms with van der Waals surface area (Å²) in [6.45, 7) is 4.27. The number of hydrogen-bond donors (Lipinski definition) is 0. The Morgan fingerprint density at radius 3 is 2.31 bits per heavy atom. The van der Waals surface area contributed by atoms with Crippen LogP contribution >= 0.6 is 0 Å². The summed E-state index contributed by atoms with van der Waals surface area (Å²) in [5.41, 5.74) is 2.68. The fraction of sp³-hybridized carbons (Fsp3) is 0.583. The first kappa shape index (κ1) is 10.2. The number of allylic oxidation sites excluding steroid dienone is 4. The molecule has 0 unspecified atom stereocenters. The first-order valence-electron chi connectivity index (χ1n) is 5.18. The van der Waals surface area contributed by atoms with E-state index in [9.17, 15) is 4.79 Å². The maximum absolute atomic E-state index is 11.2. The summed E-state index contributed by atoms with van der Waals surface area (Å²) in [5.74, 6) is 0.396. The van der Waals surface area contributed by atoms with Crippen molar-refractivity contribution < 1.29 is 4.79 Å². The van der Waals surface area contributed by atoms with Gasteiger partial charge < -0.3 is 0 Å². The summed E-state index contributed by atoms with van der Waals surface area (Å²) in [6, 6.07) is 0. The van der Waals surface area contributed by atoms with Gasteiger partial charge in [-0.25, -0.2) is 0 Å². The topological polar surface area (TPSA) is 17.1 Å². The summed E-state index contributed by atoms with van der Waals surface area (Å²) >= 11 is 0. The number of carbonyl (C=O) groups excluding carboxylic acids is 1. The third-order valence-electron chi connectivity index (χ3n) is 2.37. The van der Waals surface area contributed by atoms with Gasteiger partial charge in [0.05, 0.1) is 0 Å². The Balaban J connectivity index is 2.78. The van der Waals surface area contributed by atoms with Gasteiger partial charge in [0.1, 0.15) is 5.78 Å². The van der Waals surface area contributed by atoms with Crippen molar-refractivity contribution in [2.45, 2.75) is 46.0 Å². The average Bonchev–Trinajstić information content (AvgIpc) is 2.10. The second-order valence-electron chi connectivity index (χ2n) is 3.49. The van der Waals surface area contributed by atoms with Gasteiger partial charge in [0.2, 0.25) is 0 Å². The van der Waals surface area contributed by atoms with Crippen LogP contribution in [0.3, 0.4) is 0 Å². The number of ketones is 1. The van der Waals surface area contributed by atoms with E-state index in [2.05, 4.69) is 26.0 Å². The SMILES string of the molecule is CC/C=C1/CCC(=O)C/C1=C/CC. The molecule has 0 bridgehead atoms. The van der Waals surface area contributed by atoms with E-state index in [1.807, 2.05) is 0 Å². The Hall–Kier alpha value is -0.850. The largest absolute Gasteiger partial charge is 0.299 e. The molecule has 0 heterocycles. The quantitative estimate of drug-likeness (QED) is 0.633. The van der Waals surface area contributed by atoms with Crippen LogP contribution in [0.5, 0.6) is 0 Å². The Kier molecular flexibility index (Phi) is 3.94. The van der Waals surface area contributed by atoms with Gasteiger partial charge in [-0.1, -0.05) is 26.0 Å². The van der Waals surface area contributed by atoms with E-state index in [4.69, 9.17) is 0 Å². The van der Waals surface area contributed by atoms with Crippen LogP contribution < -0.4 is 0 Å². The zero-order chi connectivity index (χ0) is 9.68. The summed E-state index contributed by atoms with van der Waals surface area (Å²) < 4.78 is 0. The van der Waals surface area contributed by atoms with E-state index in [1.165, 1.54) is 11.1 Å². The van der Waals surface area contributed by atoms with Crippen LogP contribution in [0.2, 0.25) is 0 Å². The predicted octanol–water partition coefficient (Wildman–Crippen LogP) is 3.41. The van der Waals surface area contributed by atoms with Gasteiger partial charge in [0.25, 0.3) is 0 Å². The lowest BCUT2D eigenvalue weighted by Crippen LogP contribution is -2.09. The highest BCUT2D eigenvalue weighted by Gasteiger charge is 2.16. The molecule has 1 aliphatic rings. The maximum atomic E-state index is 11.2. The smallest absolute Gasteiger partial charge is 0.137 e. The van der Waals surface area contributed by atoms with Crippen molar-refractivity contribution in [3.63, 3.8) is 0 Å². The third-order valence-corrected chi connectivity index (χ3v) is 2.37. The molecule has 0 N–H and O–H groups in total. The molecule has 0 aromatic heterocycles. The van der Waals surface area contributed by atoms with Gasteiger partial charge in [-0.3, -0.25) is 4.79 Å². The highest BCUT2D eigenvalue weighted by Crippen LogP contribution is 2.27. The van der Waals surface area contributed by atoms with E-state index in [1.54, 1.807) is 0 Å². The zero-order valence-corrected chi connectivity index (χ0v) is 8.60. The molecule has 0 saturated heterocycles. The molecule has 1 aliphatic carbocycles. The lowest BCUT2D eigenvalue weighted by Gasteiger charge is -2.17. The van der Waals surface area contributed by atoms with Crippen LogP contribution in [0, 0.1) is 0 Å². The highest BCUT2D eigenvalue weighted by atomic mass is 16.1. The van der Waals surface area contributed by atoms with E-state index >= 15 is 0 Å². The van der Waals surface area contributed by atoms with Crippen LogP contribution in [0.15, 0.2) is 23.3 Å². The van der Waals surface area contributed by atoms with E-state index < -0.39 is 0 Å². The summed E-state index contributed by atoms with van der Waals surface area (Å²) in [4.78, 5) is 11.2. The molecule has 0 atom stereocenters. The lowest BCUT2D eigenvalue weighted by molar-refractivity contribution is -0.118. The lowest BCUT2D eigenvalue weighted by atomic mass is 9.87. The predicted molar refractivity (Wildman–Crippen MR) is 55.6 cm³/mol. The molecule has 0 amide bonds. The third kappa shape index (κ3) is 2.83. The Bertz CT molecular complexity index is 246. The first-order valence-corrected chi connectivity index (χ1v) is 5.18. The molecule has 1 saturated carbocycles. The van der Waals surface area contributed by atoms with Crippen molar-refractivity contribution in [1.82, 2.24) is 0 Å². The van der Waals surface area contributed by atoms with Crippen LogP contribution in [-0.4, -0.2) is 5.78 Å². The molecule has 1 rings (SSSR count). The van der Waals surface area contributed by atoms with Crippen molar-refractivity contribution in [3.05, 3.63) is 23.3 Å². The molecule has 0 aromatic rings. The van der Waals surface area contributed by atoms with Crippen LogP contribution in [0.4, 0.5) is 0 Å². The van der Waals surface area contributed by atoms with E-state index in [0.29, 0.717) is 12.2 Å². The second kappa shape index (κ2) is 5.00. The number of carbonyl (C=O) groups is 1. The zero-order valence-electron chi connectivity index (χ0n) is 8.60. The second-order valence-corrected chi connectivity index (χ2v) is 3.49. The molecular weight excluding hydrogens is 160 g/mol. The Morgan fingerprint density at radius 1 is 1.08 bits per heavy atom. The summed E-state index contributed by atoms with van der Waals surface area (Å²) in [7, 11) is 0. The number of hydrogen-bond acceptors (Lipinski definition) is 1. The molecule has 1 nitrogen and oxygen atoms in total. The number of Topliss-reactive ketones (excluding diaryl/α,β-unsaturated/α-hetero) is 1. The minimum Gasteiger partial charge on any atom is -0.299 e. The molecule has 1 fully saturated rings. The molecule has 0 aromatic carbocycles. The van der Waals surface area contributed by atoms with Crippen LogP contribution in [0.25, 0.3) is 0 Å². The van der Waals surface area contributed by atoms with Gasteiger partial charge in [0.15, 0.2) is 0 Å². The van der Waals surface area contributed by atoms with Gasteiger partial charge in [-0.2, -0.15) is 0 Å². The Labute approximate surface area is 80.5 Å². The van der Waals surface area contributed by atoms with Crippen LogP contribution in [0.1, 0.15) is 46.0 Å². The molecule has 0 aliphatic heterocycles. The van der Waals surface area contributed by atoms with Gasteiger partial charge >= 0.3 is 0 Å². The molecule has 13 heavy (non-hydrogen) atoms. The summed E-state index contributed by atoms with van der Waals surface area (Å²) in [6.07, 6.45) is 8.92. The normalized spacial score (nSPS) is 24.3. The monoisotopic (exact) mass is 178 g/mol. The van der Waals surface area contributed by atoms with Crippen molar-refractivity contribution in [1.29, 1.82) is 0 Å². The molecular formula is C12H18O.